The van der Waals surface area contributed by atoms with Crippen molar-refractivity contribution in [1.29, 1.82) is 0 Å². The fourth-order valence-corrected chi connectivity index (χ4v) is 3.66. The van der Waals surface area contributed by atoms with Gasteiger partial charge in [-0.15, -0.1) is 0 Å². The van der Waals surface area contributed by atoms with E-state index >= 15 is 0 Å². The van der Waals surface area contributed by atoms with Crippen LogP contribution in [0.15, 0.2) is 46.9 Å². The number of aromatic amines is 2. The van der Waals surface area contributed by atoms with Gasteiger partial charge in [0, 0.05) is 23.7 Å². The van der Waals surface area contributed by atoms with Crippen molar-refractivity contribution in [2.45, 2.75) is 44.9 Å². The van der Waals surface area contributed by atoms with E-state index in [1.165, 1.54) is 49.1 Å². The normalized spacial score (nSPS) is 19.6. The lowest BCUT2D eigenvalue weighted by atomic mass is 10.0. The van der Waals surface area contributed by atoms with E-state index in [2.05, 4.69) is 22.1 Å². The van der Waals surface area contributed by atoms with E-state index in [0.717, 1.165) is 35.7 Å². The number of fused-ring (bicyclic) bond motifs is 2. The third-order valence-electron chi connectivity index (χ3n) is 5.02. The van der Waals surface area contributed by atoms with Crippen molar-refractivity contribution in [2.24, 2.45) is 4.99 Å². The first-order valence-corrected chi connectivity index (χ1v) is 9.24. The van der Waals surface area contributed by atoms with Crippen LogP contribution in [0.4, 0.5) is 0 Å². The molecule has 3 heterocycles. The van der Waals surface area contributed by atoms with Crippen molar-refractivity contribution in [3.05, 3.63) is 64.6 Å². The van der Waals surface area contributed by atoms with E-state index in [1.54, 1.807) is 7.11 Å². The summed E-state index contributed by atoms with van der Waals surface area (Å²) in [6.07, 6.45) is 14.9. The molecule has 0 amide bonds. The Morgan fingerprint density at radius 3 is 2.76 bits per heavy atom. The van der Waals surface area contributed by atoms with Crippen molar-refractivity contribution < 1.29 is 4.74 Å². The topological polar surface area (TPSA) is 53.2 Å². The van der Waals surface area contributed by atoms with Crippen LogP contribution < -0.4 is 0 Å². The zero-order chi connectivity index (χ0) is 17.1. The van der Waals surface area contributed by atoms with Crippen LogP contribution in [0.2, 0.25) is 0 Å². The molecule has 2 N–H and O–H groups in total. The van der Waals surface area contributed by atoms with Gasteiger partial charge in [0.05, 0.1) is 18.5 Å². The summed E-state index contributed by atoms with van der Waals surface area (Å²) in [6, 6.07) is 6.36. The summed E-state index contributed by atoms with van der Waals surface area (Å²) in [5, 5.41) is 0. The number of rotatable bonds is 3. The minimum absolute atomic E-state index is 0.816. The van der Waals surface area contributed by atoms with E-state index in [4.69, 9.17) is 9.73 Å². The molecule has 0 aromatic carbocycles. The zero-order valence-electron chi connectivity index (χ0n) is 14.8. The van der Waals surface area contributed by atoms with Crippen molar-refractivity contribution in [1.82, 2.24) is 9.97 Å². The SMILES string of the molecule is COC1=CC(c2ccc[nH]2)=NC1=Cc1[nH]c2cc1CCCCCCC2. The second-order valence-corrected chi connectivity index (χ2v) is 6.82. The van der Waals surface area contributed by atoms with Gasteiger partial charge in [-0.3, -0.25) is 0 Å². The molecule has 0 saturated carbocycles. The van der Waals surface area contributed by atoms with Crippen LogP contribution in [0.5, 0.6) is 0 Å². The summed E-state index contributed by atoms with van der Waals surface area (Å²) in [7, 11) is 1.70. The number of aryl methyl sites for hydroxylation is 2. The van der Waals surface area contributed by atoms with E-state index < -0.39 is 0 Å². The second-order valence-electron chi connectivity index (χ2n) is 6.82. The van der Waals surface area contributed by atoms with Crippen LogP contribution in [-0.4, -0.2) is 22.8 Å². The Balaban J connectivity index is 1.67. The summed E-state index contributed by atoms with van der Waals surface area (Å²) in [4.78, 5) is 11.6. The lowest BCUT2D eigenvalue weighted by Crippen LogP contribution is -1.93. The van der Waals surface area contributed by atoms with Gasteiger partial charge in [0.2, 0.25) is 0 Å². The van der Waals surface area contributed by atoms with E-state index in [-0.39, 0.29) is 0 Å². The predicted molar refractivity (Wildman–Crippen MR) is 102 cm³/mol. The second kappa shape index (κ2) is 7.18. The molecule has 0 radical (unpaired) electrons. The molecular formula is C21H25N3O. The third-order valence-corrected chi connectivity index (χ3v) is 5.02. The number of ether oxygens (including phenoxy) is 1. The molecule has 0 unspecified atom stereocenters. The molecule has 4 rings (SSSR count). The fourth-order valence-electron chi connectivity index (χ4n) is 3.66. The minimum Gasteiger partial charge on any atom is -0.494 e. The first-order chi connectivity index (χ1) is 12.3. The van der Waals surface area contributed by atoms with Crippen molar-refractivity contribution in [2.75, 3.05) is 7.11 Å². The zero-order valence-corrected chi connectivity index (χ0v) is 14.8. The quantitative estimate of drug-likeness (QED) is 0.834. The molecule has 1 aliphatic heterocycles. The van der Waals surface area contributed by atoms with E-state index in [1.807, 2.05) is 24.4 Å². The van der Waals surface area contributed by atoms with Crippen LogP contribution in [0.3, 0.4) is 0 Å². The molecule has 0 fully saturated rings. The third kappa shape index (κ3) is 3.48. The van der Waals surface area contributed by atoms with E-state index in [0.29, 0.717) is 0 Å². The Morgan fingerprint density at radius 1 is 1.12 bits per heavy atom. The highest BCUT2D eigenvalue weighted by Gasteiger charge is 2.18. The first kappa shape index (κ1) is 16.0. The summed E-state index contributed by atoms with van der Waals surface area (Å²) >= 11 is 0. The lowest BCUT2D eigenvalue weighted by Gasteiger charge is -2.04. The molecule has 1 aliphatic carbocycles. The number of aromatic nitrogens is 2. The summed E-state index contributed by atoms with van der Waals surface area (Å²) in [5.74, 6) is 0.816. The molecule has 2 bridgehead atoms. The van der Waals surface area contributed by atoms with Crippen LogP contribution in [-0.2, 0) is 17.6 Å². The van der Waals surface area contributed by atoms with Gasteiger partial charge in [0.15, 0.2) is 0 Å². The van der Waals surface area contributed by atoms with Crippen LogP contribution in [0.25, 0.3) is 6.08 Å². The van der Waals surface area contributed by atoms with Crippen molar-refractivity contribution in [3.8, 4) is 0 Å². The number of methoxy groups -OCH3 is 1. The molecule has 2 aromatic rings. The summed E-state index contributed by atoms with van der Waals surface area (Å²) in [6.45, 7) is 0. The van der Waals surface area contributed by atoms with Gasteiger partial charge in [0.25, 0.3) is 0 Å². The maximum Gasteiger partial charge on any atom is 0.146 e. The van der Waals surface area contributed by atoms with Gasteiger partial charge in [0.1, 0.15) is 11.5 Å². The number of allylic oxidation sites excluding steroid dienone is 1. The number of aliphatic imine (C=N–C) groups is 1. The maximum absolute atomic E-state index is 5.56. The Labute approximate surface area is 148 Å². The van der Waals surface area contributed by atoms with Crippen LogP contribution in [0, 0.1) is 0 Å². The Bertz CT molecular complexity index is 821. The largest absolute Gasteiger partial charge is 0.494 e. The minimum atomic E-state index is 0.816. The van der Waals surface area contributed by atoms with Gasteiger partial charge in [-0.25, -0.2) is 4.99 Å². The molecule has 25 heavy (non-hydrogen) atoms. The standard InChI is InChI=1S/C21H25N3O/c1-25-21-14-19(17-10-7-11-22-17)24-20(21)13-18-15-8-5-3-2-4-6-9-16(12-15)23-18/h7,10-14,22-23H,2-6,8-9H2,1H3. The Morgan fingerprint density at radius 2 is 1.96 bits per heavy atom. The number of nitrogens with one attached hydrogen (secondary N) is 2. The summed E-state index contributed by atoms with van der Waals surface area (Å²) in [5.41, 5.74) is 6.75. The molecule has 4 nitrogen and oxygen atoms in total. The lowest BCUT2D eigenvalue weighted by molar-refractivity contribution is 0.303. The van der Waals surface area contributed by atoms with Gasteiger partial charge < -0.3 is 14.7 Å². The molecule has 0 atom stereocenters. The molecule has 4 heteroatoms. The highest BCUT2D eigenvalue weighted by Crippen LogP contribution is 2.27. The van der Waals surface area contributed by atoms with Crippen molar-refractivity contribution >= 4 is 11.8 Å². The molecular weight excluding hydrogens is 310 g/mol. The Hall–Kier alpha value is -2.49. The molecule has 2 aromatic heterocycles. The number of nitrogens with zero attached hydrogens (tertiary/aromatic N) is 1. The smallest absolute Gasteiger partial charge is 0.146 e. The summed E-state index contributed by atoms with van der Waals surface area (Å²) < 4.78 is 5.56. The molecule has 0 spiro atoms. The molecule has 2 aliphatic rings. The maximum atomic E-state index is 5.56. The first-order valence-electron chi connectivity index (χ1n) is 9.24. The highest BCUT2D eigenvalue weighted by atomic mass is 16.5. The van der Waals surface area contributed by atoms with Gasteiger partial charge in [-0.1, -0.05) is 19.3 Å². The fraction of sp³-hybridized carbons (Fsp3) is 0.381. The average Bonchev–Trinajstić information content (AvgIpc) is 3.35. The molecule has 0 saturated heterocycles. The highest BCUT2D eigenvalue weighted by molar-refractivity contribution is 6.11. The average molecular weight is 335 g/mol. The molecule has 130 valence electrons. The van der Waals surface area contributed by atoms with Crippen molar-refractivity contribution in [3.63, 3.8) is 0 Å². The van der Waals surface area contributed by atoms with E-state index in [9.17, 15) is 0 Å². The number of hydrogen-bond acceptors (Lipinski definition) is 2. The number of H-pyrrole nitrogens is 2. The number of hydrogen-bond donors (Lipinski definition) is 2. The predicted octanol–water partition coefficient (Wildman–Crippen LogP) is 4.77. The van der Waals surface area contributed by atoms with Gasteiger partial charge in [-0.2, -0.15) is 0 Å². The Kier molecular flexibility index (Phi) is 4.59. The van der Waals surface area contributed by atoms with Crippen LogP contribution >= 0.6 is 0 Å². The van der Waals surface area contributed by atoms with Gasteiger partial charge >= 0.3 is 0 Å². The monoisotopic (exact) mass is 335 g/mol. The van der Waals surface area contributed by atoms with Crippen LogP contribution in [0.1, 0.15) is 54.7 Å². The van der Waals surface area contributed by atoms with Gasteiger partial charge in [-0.05, 0) is 55.5 Å².